The van der Waals surface area contributed by atoms with Crippen LogP contribution in [0.1, 0.15) is 33.6 Å². The minimum atomic E-state index is -0.833. The van der Waals surface area contributed by atoms with E-state index in [1.54, 1.807) is 6.07 Å². The number of hydrogen-bond donors (Lipinski definition) is 2. The number of rotatable bonds is 7. The summed E-state index contributed by atoms with van der Waals surface area (Å²) in [5.41, 5.74) is 0.683. The molecule has 0 spiro atoms. The Labute approximate surface area is 124 Å². The van der Waals surface area contributed by atoms with Crippen molar-refractivity contribution in [2.24, 2.45) is 5.92 Å². The van der Waals surface area contributed by atoms with Crippen LogP contribution in [0.5, 0.6) is 0 Å². The molecular formula is C15H21NO3S. The van der Waals surface area contributed by atoms with Gasteiger partial charge < -0.3 is 10.4 Å². The second-order valence-corrected chi connectivity index (χ2v) is 5.89. The van der Waals surface area contributed by atoms with Gasteiger partial charge in [-0.1, -0.05) is 32.9 Å². The molecule has 0 unspecified atom stereocenters. The molecule has 20 heavy (non-hydrogen) atoms. The first-order chi connectivity index (χ1) is 9.49. The molecular weight excluding hydrogens is 274 g/mol. The zero-order chi connectivity index (χ0) is 15.1. The van der Waals surface area contributed by atoms with Gasteiger partial charge in [0.15, 0.2) is 0 Å². The molecule has 0 heterocycles. The van der Waals surface area contributed by atoms with Crippen LogP contribution in [0.15, 0.2) is 29.2 Å². The standard InChI is InChI=1S/C15H21NO3S/c1-4-10(3)14(17)16-11-8-6-7-9-13(11)20-12(5-2)15(18)19/h6-10,12H,4-5H2,1-3H3,(H,16,17)(H,18,19)/t10-,12+/m0/s1. The topological polar surface area (TPSA) is 66.4 Å². The molecule has 5 heteroatoms. The second kappa shape index (κ2) is 7.94. The second-order valence-electron chi connectivity index (χ2n) is 4.65. The van der Waals surface area contributed by atoms with E-state index in [9.17, 15) is 9.59 Å². The minimum absolute atomic E-state index is 0.0380. The highest BCUT2D eigenvalue weighted by Crippen LogP contribution is 2.32. The molecule has 0 saturated carbocycles. The number of carboxylic acids is 1. The van der Waals surface area contributed by atoms with Crippen LogP contribution >= 0.6 is 11.8 Å². The van der Waals surface area contributed by atoms with Gasteiger partial charge in [-0.2, -0.15) is 0 Å². The smallest absolute Gasteiger partial charge is 0.316 e. The number of carbonyl (C=O) groups is 2. The molecule has 0 aromatic heterocycles. The Bertz CT molecular complexity index is 476. The molecule has 0 aliphatic heterocycles. The van der Waals surface area contributed by atoms with E-state index in [2.05, 4.69) is 5.32 Å². The number of nitrogens with one attached hydrogen (secondary N) is 1. The van der Waals surface area contributed by atoms with Gasteiger partial charge in [0.25, 0.3) is 0 Å². The fourth-order valence-electron chi connectivity index (χ4n) is 1.58. The molecule has 0 aliphatic carbocycles. The highest BCUT2D eigenvalue weighted by molar-refractivity contribution is 8.00. The van der Waals surface area contributed by atoms with E-state index in [4.69, 9.17) is 5.11 Å². The summed E-state index contributed by atoms with van der Waals surface area (Å²) in [5, 5.41) is 11.5. The minimum Gasteiger partial charge on any atom is -0.480 e. The number of aliphatic carboxylic acids is 1. The SMILES string of the molecule is CC[C@H](C)C(=O)Nc1ccccc1S[C@H](CC)C(=O)O. The summed E-state index contributed by atoms with van der Waals surface area (Å²) < 4.78 is 0. The summed E-state index contributed by atoms with van der Waals surface area (Å²) >= 11 is 1.27. The maximum absolute atomic E-state index is 11.9. The summed E-state index contributed by atoms with van der Waals surface area (Å²) in [7, 11) is 0. The van der Waals surface area contributed by atoms with Crippen molar-refractivity contribution in [2.75, 3.05) is 5.32 Å². The van der Waals surface area contributed by atoms with Crippen LogP contribution in [0.25, 0.3) is 0 Å². The van der Waals surface area contributed by atoms with Crippen molar-refractivity contribution in [1.29, 1.82) is 0 Å². The maximum Gasteiger partial charge on any atom is 0.316 e. The third-order valence-electron chi connectivity index (χ3n) is 3.12. The molecule has 1 rings (SSSR count). The van der Waals surface area contributed by atoms with Gasteiger partial charge >= 0.3 is 5.97 Å². The molecule has 0 aliphatic rings. The molecule has 0 radical (unpaired) electrons. The van der Waals surface area contributed by atoms with Crippen LogP contribution in [-0.4, -0.2) is 22.2 Å². The predicted octanol–water partition coefficient (Wildman–Crippen LogP) is 3.63. The first-order valence-corrected chi connectivity index (χ1v) is 7.66. The van der Waals surface area contributed by atoms with Gasteiger partial charge in [0.1, 0.15) is 5.25 Å². The number of amides is 1. The van der Waals surface area contributed by atoms with E-state index in [1.807, 2.05) is 39.0 Å². The van der Waals surface area contributed by atoms with Crippen molar-refractivity contribution in [3.8, 4) is 0 Å². The first kappa shape index (κ1) is 16.6. The van der Waals surface area contributed by atoms with E-state index >= 15 is 0 Å². The van der Waals surface area contributed by atoms with Crippen molar-refractivity contribution in [2.45, 2.75) is 43.8 Å². The molecule has 4 nitrogen and oxygen atoms in total. The summed E-state index contributed by atoms with van der Waals surface area (Å²) in [5.74, 6) is -0.931. The largest absolute Gasteiger partial charge is 0.480 e. The van der Waals surface area contributed by atoms with Crippen molar-refractivity contribution in [3.63, 3.8) is 0 Å². The Hall–Kier alpha value is -1.49. The van der Waals surface area contributed by atoms with E-state index in [-0.39, 0.29) is 11.8 Å². The quantitative estimate of drug-likeness (QED) is 0.754. The molecule has 2 atom stereocenters. The summed E-state index contributed by atoms with van der Waals surface area (Å²) in [6, 6.07) is 7.31. The lowest BCUT2D eigenvalue weighted by Crippen LogP contribution is -2.20. The monoisotopic (exact) mass is 295 g/mol. The van der Waals surface area contributed by atoms with E-state index in [0.29, 0.717) is 12.1 Å². The molecule has 0 saturated heterocycles. The van der Waals surface area contributed by atoms with E-state index in [0.717, 1.165) is 11.3 Å². The number of carboxylic acid groups (broad SMARTS) is 1. The van der Waals surface area contributed by atoms with Crippen molar-refractivity contribution in [1.82, 2.24) is 0 Å². The Morgan fingerprint density at radius 1 is 1.25 bits per heavy atom. The van der Waals surface area contributed by atoms with E-state index in [1.165, 1.54) is 11.8 Å². The summed E-state index contributed by atoms with van der Waals surface area (Å²) in [6.07, 6.45) is 1.31. The van der Waals surface area contributed by atoms with Crippen LogP contribution in [0, 0.1) is 5.92 Å². The Morgan fingerprint density at radius 2 is 1.90 bits per heavy atom. The van der Waals surface area contributed by atoms with Crippen LogP contribution in [0.3, 0.4) is 0 Å². The maximum atomic E-state index is 11.9. The van der Waals surface area contributed by atoms with Gasteiger partial charge in [-0.25, -0.2) is 0 Å². The molecule has 110 valence electrons. The zero-order valence-electron chi connectivity index (χ0n) is 12.1. The van der Waals surface area contributed by atoms with Crippen molar-refractivity contribution >= 4 is 29.3 Å². The average Bonchev–Trinajstić information content (AvgIpc) is 2.44. The normalized spacial score (nSPS) is 13.6. The highest BCUT2D eigenvalue weighted by atomic mass is 32.2. The van der Waals surface area contributed by atoms with Crippen molar-refractivity contribution in [3.05, 3.63) is 24.3 Å². The molecule has 0 bridgehead atoms. The number of thioether (sulfide) groups is 1. The van der Waals surface area contributed by atoms with Crippen LogP contribution in [0.4, 0.5) is 5.69 Å². The fourth-order valence-corrected chi connectivity index (χ4v) is 2.55. The van der Waals surface area contributed by atoms with Gasteiger partial charge in [-0.05, 0) is 25.0 Å². The lowest BCUT2D eigenvalue weighted by molar-refractivity contribution is -0.136. The van der Waals surface area contributed by atoms with Gasteiger partial charge in [0, 0.05) is 10.8 Å². The highest BCUT2D eigenvalue weighted by Gasteiger charge is 2.19. The number of benzene rings is 1. The lowest BCUT2D eigenvalue weighted by atomic mass is 10.1. The Balaban J connectivity index is 2.88. The number of para-hydroxylation sites is 1. The molecule has 2 N–H and O–H groups in total. The van der Waals surface area contributed by atoms with Crippen molar-refractivity contribution < 1.29 is 14.7 Å². The molecule has 1 amide bonds. The van der Waals surface area contributed by atoms with Gasteiger partial charge in [0.05, 0.1) is 5.69 Å². The van der Waals surface area contributed by atoms with Gasteiger partial charge in [0.2, 0.25) is 5.91 Å². The third-order valence-corrected chi connectivity index (χ3v) is 4.55. The van der Waals surface area contributed by atoms with Gasteiger partial charge in [-0.15, -0.1) is 11.8 Å². The fraction of sp³-hybridized carbons (Fsp3) is 0.467. The predicted molar refractivity (Wildman–Crippen MR) is 82.1 cm³/mol. The third kappa shape index (κ3) is 4.56. The Kier molecular flexibility index (Phi) is 6.58. The van der Waals surface area contributed by atoms with Crippen LogP contribution in [-0.2, 0) is 9.59 Å². The van der Waals surface area contributed by atoms with E-state index < -0.39 is 11.2 Å². The molecule has 0 fully saturated rings. The van der Waals surface area contributed by atoms with Gasteiger partial charge in [-0.3, -0.25) is 9.59 Å². The molecule has 1 aromatic carbocycles. The average molecular weight is 295 g/mol. The zero-order valence-corrected chi connectivity index (χ0v) is 12.9. The first-order valence-electron chi connectivity index (χ1n) is 6.78. The van der Waals surface area contributed by atoms with Crippen LogP contribution < -0.4 is 5.32 Å². The Morgan fingerprint density at radius 3 is 2.45 bits per heavy atom. The van der Waals surface area contributed by atoms with Crippen LogP contribution in [0.2, 0.25) is 0 Å². The summed E-state index contributed by atoms with van der Waals surface area (Å²) in [4.78, 5) is 23.9. The number of hydrogen-bond acceptors (Lipinski definition) is 3. The number of anilines is 1. The number of carbonyl (C=O) groups excluding carboxylic acids is 1. The molecule has 1 aromatic rings. The lowest BCUT2D eigenvalue weighted by Gasteiger charge is -2.15. The summed E-state index contributed by atoms with van der Waals surface area (Å²) in [6.45, 7) is 5.67.